The number of carbonyl (C=O) groups excluding carboxylic acids is 1. The number of rotatable bonds is 6. The molecule has 1 aliphatic heterocycles. The normalized spacial score (nSPS) is 15.6. The second-order valence-electron chi connectivity index (χ2n) is 7.43. The molecule has 0 aliphatic carbocycles. The Labute approximate surface area is 165 Å². The van der Waals surface area contributed by atoms with Crippen LogP contribution in [0.15, 0.2) is 54.7 Å². The van der Waals surface area contributed by atoms with Gasteiger partial charge in [-0.1, -0.05) is 36.4 Å². The molecule has 0 unspecified atom stereocenters. The molecule has 1 aliphatic rings. The van der Waals surface area contributed by atoms with Crippen molar-refractivity contribution in [2.24, 2.45) is 0 Å². The highest BCUT2D eigenvalue weighted by Crippen LogP contribution is 2.32. The zero-order chi connectivity index (χ0) is 19.3. The van der Waals surface area contributed by atoms with Gasteiger partial charge >= 0.3 is 0 Å². The number of benzene rings is 2. The van der Waals surface area contributed by atoms with Crippen LogP contribution in [0.25, 0.3) is 10.9 Å². The highest BCUT2D eigenvalue weighted by Gasteiger charge is 2.23. The minimum absolute atomic E-state index is 0.0662. The van der Waals surface area contributed by atoms with Gasteiger partial charge in [-0.05, 0) is 49.5 Å². The van der Waals surface area contributed by atoms with Crippen LogP contribution in [0.3, 0.4) is 0 Å². The molecule has 5 nitrogen and oxygen atoms in total. The van der Waals surface area contributed by atoms with E-state index in [0.29, 0.717) is 19.0 Å². The number of likely N-dealkylation sites (tertiary alicyclic amines) is 1. The number of hydrogen-bond donors (Lipinski definition) is 2. The van der Waals surface area contributed by atoms with E-state index >= 15 is 0 Å². The molecule has 2 N–H and O–H groups in total. The van der Waals surface area contributed by atoms with E-state index in [0.717, 1.165) is 37.2 Å². The number of nitrogens with zero attached hydrogens (tertiary/aromatic N) is 1. The van der Waals surface area contributed by atoms with Crippen LogP contribution in [0, 0.1) is 0 Å². The smallest absolute Gasteiger partial charge is 0.234 e. The summed E-state index contributed by atoms with van der Waals surface area (Å²) in [5.74, 6) is 1.43. The predicted molar refractivity (Wildman–Crippen MR) is 112 cm³/mol. The predicted octanol–water partition coefficient (Wildman–Crippen LogP) is 3.67. The quantitative estimate of drug-likeness (QED) is 0.689. The Morgan fingerprint density at radius 1 is 1.14 bits per heavy atom. The van der Waals surface area contributed by atoms with Gasteiger partial charge < -0.3 is 15.0 Å². The molecule has 0 atom stereocenters. The van der Waals surface area contributed by atoms with Gasteiger partial charge in [-0.15, -0.1) is 0 Å². The monoisotopic (exact) mass is 377 g/mol. The van der Waals surface area contributed by atoms with Crippen molar-refractivity contribution < 1.29 is 9.53 Å². The summed E-state index contributed by atoms with van der Waals surface area (Å²) in [6.07, 6.45) is 4.33. The van der Waals surface area contributed by atoms with E-state index < -0.39 is 0 Å². The van der Waals surface area contributed by atoms with E-state index in [1.54, 1.807) is 7.11 Å². The number of piperidine rings is 1. The Kier molecular flexibility index (Phi) is 5.63. The second-order valence-corrected chi connectivity index (χ2v) is 7.43. The Bertz CT molecular complexity index is 942. The van der Waals surface area contributed by atoms with Gasteiger partial charge in [0.25, 0.3) is 0 Å². The van der Waals surface area contributed by atoms with Crippen LogP contribution >= 0.6 is 0 Å². The summed E-state index contributed by atoms with van der Waals surface area (Å²) in [5, 5.41) is 4.35. The number of H-pyrrole nitrogens is 1. The first-order valence-corrected chi connectivity index (χ1v) is 9.91. The zero-order valence-electron chi connectivity index (χ0n) is 16.3. The van der Waals surface area contributed by atoms with Gasteiger partial charge in [0.1, 0.15) is 5.75 Å². The van der Waals surface area contributed by atoms with E-state index in [2.05, 4.69) is 45.7 Å². The number of aromatic nitrogens is 1. The molecule has 1 saturated heterocycles. The van der Waals surface area contributed by atoms with Crippen LogP contribution in [0.1, 0.15) is 29.9 Å². The van der Waals surface area contributed by atoms with Crippen LogP contribution in [-0.2, 0) is 11.3 Å². The first kappa shape index (κ1) is 18.6. The minimum Gasteiger partial charge on any atom is -0.496 e. The summed E-state index contributed by atoms with van der Waals surface area (Å²) < 4.78 is 5.34. The maximum absolute atomic E-state index is 12.4. The molecule has 0 saturated carbocycles. The highest BCUT2D eigenvalue weighted by molar-refractivity contribution is 5.83. The van der Waals surface area contributed by atoms with Gasteiger partial charge in [-0.2, -0.15) is 0 Å². The molecule has 0 spiro atoms. The van der Waals surface area contributed by atoms with Gasteiger partial charge in [0.15, 0.2) is 0 Å². The summed E-state index contributed by atoms with van der Waals surface area (Å²) in [6.45, 7) is 2.85. The van der Waals surface area contributed by atoms with Gasteiger partial charge in [0.05, 0.1) is 13.7 Å². The van der Waals surface area contributed by atoms with Crippen molar-refractivity contribution in [1.29, 1.82) is 0 Å². The van der Waals surface area contributed by atoms with E-state index in [-0.39, 0.29) is 5.91 Å². The summed E-state index contributed by atoms with van der Waals surface area (Å²) in [6, 6.07) is 16.3. The third-order valence-electron chi connectivity index (χ3n) is 5.68. The standard InChI is InChI=1S/C23H27N3O2/c1-28-22-9-5-2-6-18(22)14-25-23(27)16-26-12-10-17(11-13-26)20-15-24-21-8-4-3-7-19(20)21/h2-9,15,17,24H,10-14,16H2,1H3,(H,25,27). The zero-order valence-corrected chi connectivity index (χ0v) is 16.3. The number of carbonyl (C=O) groups is 1. The number of methoxy groups -OCH3 is 1. The number of aromatic amines is 1. The maximum atomic E-state index is 12.4. The molecule has 28 heavy (non-hydrogen) atoms. The van der Waals surface area contributed by atoms with Gasteiger partial charge in [0, 0.05) is 29.2 Å². The van der Waals surface area contributed by atoms with Crippen molar-refractivity contribution in [3.05, 3.63) is 65.9 Å². The lowest BCUT2D eigenvalue weighted by molar-refractivity contribution is -0.122. The Morgan fingerprint density at radius 3 is 2.71 bits per heavy atom. The molecular weight excluding hydrogens is 350 g/mol. The van der Waals surface area contributed by atoms with Crippen molar-refractivity contribution >= 4 is 16.8 Å². The summed E-state index contributed by atoms with van der Waals surface area (Å²) >= 11 is 0. The molecule has 5 heteroatoms. The summed E-state index contributed by atoms with van der Waals surface area (Å²) in [4.78, 5) is 18.0. The van der Waals surface area contributed by atoms with Crippen LogP contribution in [0.2, 0.25) is 0 Å². The topological polar surface area (TPSA) is 57.4 Å². The van der Waals surface area contributed by atoms with Crippen LogP contribution in [-0.4, -0.2) is 42.5 Å². The minimum atomic E-state index is 0.0662. The molecule has 1 aromatic heterocycles. The van der Waals surface area contributed by atoms with Gasteiger partial charge in [0.2, 0.25) is 5.91 Å². The summed E-state index contributed by atoms with van der Waals surface area (Å²) in [5.41, 5.74) is 3.61. The van der Waals surface area contributed by atoms with Crippen LogP contribution in [0.4, 0.5) is 0 Å². The van der Waals surface area contributed by atoms with Crippen molar-refractivity contribution in [2.45, 2.75) is 25.3 Å². The largest absolute Gasteiger partial charge is 0.496 e. The van der Waals surface area contributed by atoms with Crippen molar-refractivity contribution in [3.63, 3.8) is 0 Å². The lowest BCUT2D eigenvalue weighted by atomic mass is 9.89. The fraction of sp³-hybridized carbons (Fsp3) is 0.348. The number of amides is 1. The average molecular weight is 377 g/mol. The lowest BCUT2D eigenvalue weighted by Gasteiger charge is -2.31. The lowest BCUT2D eigenvalue weighted by Crippen LogP contribution is -2.41. The molecule has 2 heterocycles. The number of nitrogens with one attached hydrogen (secondary N) is 2. The van der Waals surface area contributed by atoms with Crippen LogP contribution in [0.5, 0.6) is 5.75 Å². The molecule has 1 fully saturated rings. The number of fused-ring (bicyclic) bond motifs is 1. The van der Waals surface area contributed by atoms with E-state index in [1.807, 2.05) is 24.3 Å². The molecule has 2 aromatic carbocycles. The second kappa shape index (κ2) is 8.48. The fourth-order valence-electron chi connectivity index (χ4n) is 4.14. The summed E-state index contributed by atoms with van der Waals surface area (Å²) in [7, 11) is 1.65. The van der Waals surface area contributed by atoms with Crippen molar-refractivity contribution in [2.75, 3.05) is 26.7 Å². The van der Waals surface area contributed by atoms with E-state index in [4.69, 9.17) is 4.74 Å². The molecule has 0 radical (unpaired) electrons. The van der Waals surface area contributed by atoms with Gasteiger partial charge in [-0.25, -0.2) is 0 Å². The van der Waals surface area contributed by atoms with E-state index in [9.17, 15) is 4.79 Å². The molecule has 0 bridgehead atoms. The Hall–Kier alpha value is -2.79. The van der Waals surface area contributed by atoms with E-state index in [1.165, 1.54) is 16.5 Å². The third-order valence-corrected chi connectivity index (χ3v) is 5.68. The van der Waals surface area contributed by atoms with Crippen molar-refractivity contribution in [3.8, 4) is 5.75 Å². The third kappa shape index (κ3) is 4.04. The SMILES string of the molecule is COc1ccccc1CNC(=O)CN1CCC(c2c[nH]c3ccccc23)CC1. The first-order chi connectivity index (χ1) is 13.7. The fourth-order valence-corrected chi connectivity index (χ4v) is 4.14. The Balaban J connectivity index is 1.28. The molecule has 146 valence electrons. The molecule has 1 amide bonds. The van der Waals surface area contributed by atoms with Crippen molar-refractivity contribution in [1.82, 2.24) is 15.2 Å². The Morgan fingerprint density at radius 2 is 1.89 bits per heavy atom. The first-order valence-electron chi connectivity index (χ1n) is 9.91. The van der Waals surface area contributed by atoms with Crippen LogP contribution < -0.4 is 10.1 Å². The molecule has 4 rings (SSSR count). The molecule has 3 aromatic rings. The maximum Gasteiger partial charge on any atom is 0.234 e. The van der Waals surface area contributed by atoms with Gasteiger partial charge in [-0.3, -0.25) is 9.69 Å². The highest BCUT2D eigenvalue weighted by atomic mass is 16.5. The number of ether oxygens (including phenoxy) is 1. The number of para-hydroxylation sites is 2. The average Bonchev–Trinajstić information content (AvgIpc) is 3.17. The number of hydrogen-bond acceptors (Lipinski definition) is 3. The molecular formula is C23H27N3O2.